The first-order valence-electron chi connectivity index (χ1n) is 5.91. The smallest absolute Gasteiger partial charge is 0.416 e. The van der Waals surface area contributed by atoms with Crippen molar-refractivity contribution >= 4 is 0 Å². The molecule has 108 valence electrons. The molecule has 0 radical (unpaired) electrons. The Kier molecular flexibility index (Phi) is 3.99. The summed E-state index contributed by atoms with van der Waals surface area (Å²) in [6.45, 7) is 0.141. The van der Waals surface area contributed by atoms with Gasteiger partial charge in [0.15, 0.2) is 5.75 Å². The number of hydrogen-bond acceptors (Lipinski definition) is 3. The van der Waals surface area contributed by atoms with E-state index in [1.807, 2.05) is 0 Å². The molecule has 0 unspecified atom stereocenters. The zero-order chi connectivity index (χ0) is 14.8. The van der Waals surface area contributed by atoms with Crippen LogP contribution in [0.3, 0.4) is 0 Å². The lowest BCUT2D eigenvalue weighted by atomic mass is 10.1. The molecule has 1 aromatic carbocycles. The molecule has 20 heavy (non-hydrogen) atoms. The van der Waals surface area contributed by atoms with Crippen LogP contribution in [0.1, 0.15) is 11.1 Å². The number of hydrogen-bond donors (Lipinski definition) is 1. The van der Waals surface area contributed by atoms with Gasteiger partial charge in [0.1, 0.15) is 5.75 Å². The summed E-state index contributed by atoms with van der Waals surface area (Å²) in [5.41, 5.74) is -0.522. The Morgan fingerprint density at radius 3 is 2.60 bits per heavy atom. The summed E-state index contributed by atoms with van der Waals surface area (Å²) >= 11 is 0. The summed E-state index contributed by atoms with van der Waals surface area (Å²) in [4.78, 5) is 0. The number of rotatable bonds is 4. The van der Waals surface area contributed by atoms with E-state index in [4.69, 9.17) is 4.74 Å². The van der Waals surface area contributed by atoms with E-state index in [0.717, 1.165) is 6.07 Å². The van der Waals surface area contributed by atoms with Crippen LogP contribution in [0.5, 0.6) is 11.5 Å². The van der Waals surface area contributed by atoms with Crippen molar-refractivity contribution in [3.8, 4) is 11.5 Å². The first kappa shape index (κ1) is 14.4. The number of aryl methyl sites for hydroxylation is 1. The Bertz CT molecular complexity index is 593. The second-order valence-electron chi connectivity index (χ2n) is 4.30. The Labute approximate surface area is 114 Å². The fourth-order valence-electron chi connectivity index (χ4n) is 1.82. The van der Waals surface area contributed by atoms with Gasteiger partial charge in [0, 0.05) is 13.6 Å². The van der Waals surface area contributed by atoms with E-state index in [2.05, 4.69) is 10.4 Å². The highest BCUT2D eigenvalue weighted by Crippen LogP contribution is 2.35. The Morgan fingerprint density at radius 2 is 2.05 bits per heavy atom. The Balaban J connectivity index is 2.31. The minimum Gasteiger partial charge on any atom is -0.454 e. The largest absolute Gasteiger partial charge is 0.454 e. The van der Waals surface area contributed by atoms with Crippen molar-refractivity contribution in [2.45, 2.75) is 12.7 Å². The summed E-state index contributed by atoms with van der Waals surface area (Å²) in [7, 11) is 3.30. The number of nitrogens with one attached hydrogen (secondary N) is 1. The van der Waals surface area contributed by atoms with Crippen molar-refractivity contribution in [2.24, 2.45) is 7.05 Å². The van der Waals surface area contributed by atoms with Gasteiger partial charge in [-0.05, 0) is 24.7 Å². The number of halogens is 3. The van der Waals surface area contributed by atoms with Gasteiger partial charge in [-0.1, -0.05) is 6.07 Å². The molecular weight excluding hydrogens is 271 g/mol. The van der Waals surface area contributed by atoms with Crippen molar-refractivity contribution < 1.29 is 17.9 Å². The lowest BCUT2D eigenvalue weighted by Gasteiger charge is -2.14. The van der Waals surface area contributed by atoms with Crippen molar-refractivity contribution in [3.05, 3.63) is 41.7 Å². The van der Waals surface area contributed by atoms with Crippen LogP contribution in [0.4, 0.5) is 13.2 Å². The predicted octanol–water partition coefficient (Wildman–Crippen LogP) is 2.95. The second kappa shape index (κ2) is 5.54. The van der Waals surface area contributed by atoms with E-state index in [-0.39, 0.29) is 17.9 Å². The van der Waals surface area contributed by atoms with Gasteiger partial charge in [-0.3, -0.25) is 4.68 Å². The van der Waals surface area contributed by atoms with Gasteiger partial charge in [-0.25, -0.2) is 0 Å². The summed E-state index contributed by atoms with van der Waals surface area (Å²) in [5, 5.41) is 6.61. The molecule has 1 heterocycles. The molecule has 0 atom stereocenters. The van der Waals surface area contributed by atoms with E-state index < -0.39 is 11.7 Å². The maximum atomic E-state index is 13.0. The number of benzene rings is 1. The monoisotopic (exact) mass is 285 g/mol. The van der Waals surface area contributed by atoms with Crippen LogP contribution in [0, 0.1) is 0 Å². The standard InChI is InChI=1S/C13H14F3N3O/c1-17-6-9-3-4-10(5-12(9)13(14,15)16)20-11-7-18-19(2)8-11/h3-5,7-8,17H,6H2,1-2H3. The van der Waals surface area contributed by atoms with Gasteiger partial charge in [0.25, 0.3) is 0 Å². The number of alkyl halides is 3. The Hall–Kier alpha value is -2.02. The third-order valence-corrected chi connectivity index (χ3v) is 2.67. The molecular formula is C13H14F3N3O. The SMILES string of the molecule is CNCc1ccc(Oc2cnn(C)c2)cc1C(F)(F)F. The lowest BCUT2D eigenvalue weighted by molar-refractivity contribution is -0.138. The molecule has 0 aliphatic carbocycles. The van der Waals surface area contributed by atoms with Crippen molar-refractivity contribution in [2.75, 3.05) is 7.05 Å². The molecule has 0 saturated heterocycles. The van der Waals surface area contributed by atoms with Gasteiger partial charge in [-0.2, -0.15) is 18.3 Å². The highest BCUT2D eigenvalue weighted by molar-refractivity contribution is 5.39. The average Bonchev–Trinajstić information content (AvgIpc) is 2.76. The maximum absolute atomic E-state index is 13.0. The van der Waals surface area contributed by atoms with Crippen LogP contribution in [-0.2, 0) is 19.8 Å². The third kappa shape index (κ3) is 3.30. The van der Waals surface area contributed by atoms with E-state index in [1.54, 1.807) is 20.3 Å². The van der Waals surface area contributed by atoms with Crippen LogP contribution >= 0.6 is 0 Å². The van der Waals surface area contributed by atoms with E-state index >= 15 is 0 Å². The highest BCUT2D eigenvalue weighted by Gasteiger charge is 2.33. The zero-order valence-corrected chi connectivity index (χ0v) is 11.0. The molecule has 0 aliphatic heterocycles. The van der Waals surface area contributed by atoms with Crippen molar-refractivity contribution in [1.82, 2.24) is 15.1 Å². The van der Waals surface area contributed by atoms with Crippen LogP contribution in [0.15, 0.2) is 30.6 Å². The van der Waals surface area contributed by atoms with Crippen molar-refractivity contribution in [3.63, 3.8) is 0 Å². The van der Waals surface area contributed by atoms with Crippen LogP contribution in [0.25, 0.3) is 0 Å². The fraction of sp³-hybridized carbons (Fsp3) is 0.308. The normalized spacial score (nSPS) is 11.7. The summed E-state index contributed by atoms with van der Waals surface area (Å²) < 4.78 is 45.9. The van der Waals surface area contributed by atoms with Gasteiger partial charge >= 0.3 is 6.18 Å². The number of nitrogens with zero attached hydrogens (tertiary/aromatic N) is 2. The molecule has 0 spiro atoms. The van der Waals surface area contributed by atoms with E-state index in [0.29, 0.717) is 5.75 Å². The topological polar surface area (TPSA) is 39.1 Å². The first-order valence-corrected chi connectivity index (χ1v) is 5.91. The van der Waals surface area contributed by atoms with Gasteiger partial charge in [-0.15, -0.1) is 0 Å². The fourth-order valence-corrected chi connectivity index (χ4v) is 1.82. The number of ether oxygens (including phenoxy) is 1. The minimum atomic E-state index is -4.42. The lowest BCUT2D eigenvalue weighted by Crippen LogP contribution is -2.14. The Morgan fingerprint density at radius 1 is 1.30 bits per heavy atom. The molecule has 0 aliphatic rings. The molecule has 4 nitrogen and oxygen atoms in total. The highest BCUT2D eigenvalue weighted by atomic mass is 19.4. The third-order valence-electron chi connectivity index (χ3n) is 2.67. The van der Waals surface area contributed by atoms with E-state index in [1.165, 1.54) is 23.0 Å². The molecule has 0 amide bonds. The molecule has 2 rings (SSSR count). The first-order chi connectivity index (χ1) is 9.40. The molecule has 0 saturated carbocycles. The molecule has 1 N–H and O–H groups in total. The number of aromatic nitrogens is 2. The van der Waals surface area contributed by atoms with Gasteiger partial charge in [0.2, 0.25) is 0 Å². The van der Waals surface area contributed by atoms with Crippen LogP contribution in [0.2, 0.25) is 0 Å². The van der Waals surface area contributed by atoms with Crippen molar-refractivity contribution in [1.29, 1.82) is 0 Å². The van der Waals surface area contributed by atoms with Crippen LogP contribution in [-0.4, -0.2) is 16.8 Å². The molecule has 0 bridgehead atoms. The maximum Gasteiger partial charge on any atom is 0.416 e. The molecule has 0 fully saturated rings. The molecule has 7 heteroatoms. The zero-order valence-electron chi connectivity index (χ0n) is 11.0. The summed E-state index contributed by atoms with van der Waals surface area (Å²) in [6.07, 6.45) is -1.40. The average molecular weight is 285 g/mol. The molecule has 1 aromatic heterocycles. The summed E-state index contributed by atoms with van der Waals surface area (Å²) in [6, 6.07) is 3.92. The minimum absolute atomic E-state index is 0.130. The quantitative estimate of drug-likeness (QED) is 0.938. The van der Waals surface area contributed by atoms with E-state index in [9.17, 15) is 13.2 Å². The van der Waals surface area contributed by atoms with Gasteiger partial charge < -0.3 is 10.1 Å². The summed E-state index contributed by atoms with van der Waals surface area (Å²) in [5.74, 6) is 0.521. The molecule has 2 aromatic rings. The second-order valence-corrected chi connectivity index (χ2v) is 4.30. The van der Waals surface area contributed by atoms with Crippen LogP contribution < -0.4 is 10.1 Å². The predicted molar refractivity (Wildman–Crippen MR) is 67.5 cm³/mol. The van der Waals surface area contributed by atoms with Gasteiger partial charge in [0.05, 0.1) is 18.0 Å².